The Morgan fingerprint density at radius 1 is 1.00 bits per heavy atom. The number of hydrogen-bond donors (Lipinski definition) is 0. The number of benzene rings is 1. The largest absolute Gasteiger partial charge is 0.294 e. The Balaban J connectivity index is 1.64. The van der Waals surface area contributed by atoms with Crippen LogP contribution in [0.5, 0.6) is 0 Å². The molecule has 2 aromatic rings. The van der Waals surface area contributed by atoms with Crippen LogP contribution in [0.25, 0.3) is 11.0 Å². The summed E-state index contributed by atoms with van der Waals surface area (Å²) >= 11 is 0. The van der Waals surface area contributed by atoms with E-state index in [4.69, 9.17) is 0 Å². The molecular formula is C17H18N2O3S. The van der Waals surface area contributed by atoms with Crippen molar-refractivity contribution in [3.8, 4) is 0 Å². The van der Waals surface area contributed by atoms with Crippen molar-refractivity contribution in [2.75, 3.05) is 0 Å². The van der Waals surface area contributed by atoms with Gasteiger partial charge in [-0.25, -0.2) is 8.42 Å². The fraction of sp³-hybridized carbons (Fsp3) is 0.471. The molecule has 0 amide bonds. The van der Waals surface area contributed by atoms with E-state index in [2.05, 4.69) is 9.97 Å². The summed E-state index contributed by atoms with van der Waals surface area (Å²) in [6.07, 6.45) is 6.52. The second-order valence-electron chi connectivity index (χ2n) is 6.56. The predicted octanol–water partition coefficient (Wildman–Crippen LogP) is 2.56. The fourth-order valence-electron chi connectivity index (χ4n) is 3.98. The highest BCUT2D eigenvalue weighted by Crippen LogP contribution is 2.40. The van der Waals surface area contributed by atoms with Crippen LogP contribution in [0.2, 0.25) is 0 Å². The van der Waals surface area contributed by atoms with Crippen LogP contribution in [0, 0.1) is 5.92 Å². The van der Waals surface area contributed by atoms with Crippen molar-refractivity contribution in [2.45, 2.75) is 42.6 Å². The molecule has 0 N–H and O–H groups in total. The molecule has 2 saturated heterocycles. The van der Waals surface area contributed by atoms with Gasteiger partial charge in [-0.05, 0) is 43.9 Å². The first-order valence-corrected chi connectivity index (χ1v) is 9.64. The van der Waals surface area contributed by atoms with Crippen LogP contribution >= 0.6 is 0 Å². The molecule has 2 aliphatic heterocycles. The summed E-state index contributed by atoms with van der Waals surface area (Å²) in [6, 6.07) is 5.34. The van der Waals surface area contributed by atoms with Gasteiger partial charge in [0, 0.05) is 23.9 Å². The molecule has 120 valence electrons. The highest BCUT2D eigenvalue weighted by molar-refractivity contribution is 7.92. The third kappa shape index (κ3) is 2.45. The van der Waals surface area contributed by atoms with Gasteiger partial charge in [-0.2, -0.15) is 0 Å². The molecule has 2 aliphatic rings. The van der Waals surface area contributed by atoms with Crippen LogP contribution in [0.3, 0.4) is 0 Å². The number of carbonyl (C=O) groups excluding carboxylic acids is 1. The summed E-state index contributed by atoms with van der Waals surface area (Å²) in [5.74, 6) is -0.146. The molecule has 0 aliphatic carbocycles. The minimum atomic E-state index is -3.02. The number of sulfone groups is 1. The Morgan fingerprint density at radius 3 is 2.35 bits per heavy atom. The molecule has 3 heterocycles. The third-order valence-corrected chi connectivity index (χ3v) is 7.92. The maximum atomic E-state index is 12.8. The second kappa shape index (κ2) is 5.37. The van der Waals surface area contributed by atoms with Gasteiger partial charge in [0.2, 0.25) is 0 Å². The summed E-state index contributed by atoms with van der Waals surface area (Å²) in [4.78, 5) is 21.3. The fourth-order valence-corrected chi connectivity index (χ4v) is 6.51. The lowest BCUT2D eigenvalue weighted by Crippen LogP contribution is -2.45. The monoisotopic (exact) mass is 330 g/mol. The summed E-state index contributed by atoms with van der Waals surface area (Å²) in [6.45, 7) is 0. The zero-order valence-electron chi connectivity index (χ0n) is 12.7. The van der Waals surface area contributed by atoms with Gasteiger partial charge in [-0.1, -0.05) is 6.42 Å². The van der Waals surface area contributed by atoms with Crippen LogP contribution in [0.4, 0.5) is 0 Å². The standard InChI is InChI=1S/C17H18N2O3S/c20-17(11-4-5-15-16(10-11)19-7-6-18-15)12-8-13-2-1-3-14(9-12)23(13,21)22/h4-7,10,12-14H,1-3,8-9H2. The molecule has 2 bridgehead atoms. The van der Waals surface area contributed by atoms with Crippen molar-refractivity contribution in [1.29, 1.82) is 0 Å². The smallest absolute Gasteiger partial charge is 0.166 e. The Kier molecular flexibility index (Phi) is 3.44. The van der Waals surface area contributed by atoms with E-state index in [-0.39, 0.29) is 22.2 Å². The van der Waals surface area contributed by atoms with Crippen LogP contribution in [-0.2, 0) is 9.84 Å². The van der Waals surface area contributed by atoms with Gasteiger partial charge in [0.1, 0.15) is 0 Å². The number of nitrogens with zero attached hydrogens (tertiary/aromatic N) is 2. The van der Waals surface area contributed by atoms with Crippen LogP contribution < -0.4 is 0 Å². The van der Waals surface area contributed by atoms with Gasteiger partial charge in [0.25, 0.3) is 0 Å². The van der Waals surface area contributed by atoms with E-state index in [1.807, 2.05) is 0 Å². The molecule has 1 aromatic heterocycles. The number of rotatable bonds is 2. The molecule has 0 radical (unpaired) electrons. The Labute approximate surface area is 135 Å². The highest BCUT2D eigenvalue weighted by atomic mass is 32.2. The molecule has 6 heteroatoms. The van der Waals surface area contributed by atoms with E-state index in [0.29, 0.717) is 36.8 Å². The van der Waals surface area contributed by atoms with Crippen molar-refractivity contribution in [2.24, 2.45) is 5.92 Å². The van der Waals surface area contributed by atoms with Crippen LogP contribution in [0.1, 0.15) is 42.5 Å². The minimum absolute atomic E-state index is 0.0457. The number of aromatic nitrogens is 2. The molecule has 2 unspecified atom stereocenters. The third-order valence-electron chi connectivity index (χ3n) is 5.20. The zero-order chi connectivity index (χ0) is 16.0. The second-order valence-corrected chi connectivity index (χ2v) is 9.07. The van der Waals surface area contributed by atoms with Gasteiger partial charge < -0.3 is 0 Å². The lowest BCUT2D eigenvalue weighted by Gasteiger charge is -2.38. The van der Waals surface area contributed by atoms with Gasteiger partial charge in [-0.3, -0.25) is 14.8 Å². The number of fused-ring (bicyclic) bond motifs is 3. The van der Waals surface area contributed by atoms with E-state index in [1.165, 1.54) is 0 Å². The lowest BCUT2D eigenvalue weighted by atomic mass is 9.84. The first-order chi connectivity index (χ1) is 11.1. The van der Waals surface area contributed by atoms with Crippen molar-refractivity contribution in [3.63, 3.8) is 0 Å². The van der Waals surface area contributed by atoms with Crippen molar-refractivity contribution in [1.82, 2.24) is 9.97 Å². The van der Waals surface area contributed by atoms with E-state index < -0.39 is 9.84 Å². The van der Waals surface area contributed by atoms with Gasteiger partial charge in [0.15, 0.2) is 15.6 Å². The van der Waals surface area contributed by atoms with Gasteiger partial charge >= 0.3 is 0 Å². The highest BCUT2D eigenvalue weighted by Gasteiger charge is 2.46. The molecule has 4 rings (SSSR count). The number of ketones is 1. The van der Waals surface area contributed by atoms with Gasteiger partial charge in [0.05, 0.1) is 21.5 Å². The predicted molar refractivity (Wildman–Crippen MR) is 86.9 cm³/mol. The van der Waals surface area contributed by atoms with E-state index in [9.17, 15) is 13.2 Å². The first kappa shape index (κ1) is 14.8. The lowest BCUT2D eigenvalue weighted by molar-refractivity contribution is 0.0894. The number of hydrogen-bond acceptors (Lipinski definition) is 5. The first-order valence-electron chi connectivity index (χ1n) is 8.03. The SMILES string of the molecule is O=C(c1ccc2nccnc2c1)C1CC2CCCC(C1)S2(=O)=O. The van der Waals surface area contributed by atoms with Crippen molar-refractivity contribution < 1.29 is 13.2 Å². The topological polar surface area (TPSA) is 77.0 Å². The number of Topliss-reactive ketones (excluding diaryl/α,β-unsaturated/α-hetero) is 1. The minimum Gasteiger partial charge on any atom is -0.294 e. The normalized spacial score (nSPS) is 29.3. The average molecular weight is 330 g/mol. The molecule has 0 spiro atoms. The molecule has 2 atom stereocenters. The van der Waals surface area contributed by atoms with Crippen LogP contribution in [0.15, 0.2) is 30.6 Å². The molecule has 2 fully saturated rings. The van der Waals surface area contributed by atoms with Gasteiger partial charge in [-0.15, -0.1) is 0 Å². The van der Waals surface area contributed by atoms with Crippen molar-refractivity contribution in [3.05, 3.63) is 36.2 Å². The average Bonchev–Trinajstić information content (AvgIpc) is 2.53. The molecule has 5 nitrogen and oxygen atoms in total. The number of carbonyl (C=O) groups is 1. The maximum absolute atomic E-state index is 12.8. The molecule has 0 saturated carbocycles. The Hall–Kier alpha value is -1.82. The Morgan fingerprint density at radius 2 is 1.65 bits per heavy atom. The summed E-state index contributed by atoms with van der Waals surface area (Å²) in [5, 5.41) is -0.659. The molecule has 1 aromatic carbocycles. The molecule has 23 heavy (non-hydrogen) atoms. The zero-order valence-corrected chi connectivity index (χ0v) is 13.5. The quantitative estimate of drug-likeness (QED) is 0.791. The Bertz CT molecular complexity index is 858. The summed E-state index contributed by atoms with van der Waals surface area (Å²) in [5.41, 5.74) is 2.06. The summed E-state index contributed by atoms with van der Waals surface area (Å²) < 4.78 is 24.7. The van der Waals surface area contributed by atoms with E-state index in [0.717, 1.165) is 11.9 Å². The van der Waals surface area contributed by atoms with Crippen LogP contribution in [-0.4, -0.2) is 34.7 Å². The van der Waals surface area contributed by atoms with E-state index >= 15 is 0 Å². The summed E-state index contributed by atoms with van der Waals surface area (Å²) in [7, 11) is -3.02. The van der Waals surface area contributed by atoms with E-state index in [1.54, 1.807) is 30.6 Å². The van der Waals surface area contributed by atoms with Crippen molar-refractivity contribution >= 4 is 26.7 Å². The maximum Gasteiger partial charge on any atom is 0.166 e. The molecular weight excluding hydrogens is 312 g/mol.